The molecule has 0 amide bonds. The maximum atomic E-state index is 13.4. The third kappa shape index (κ3) is 4.04. The number of methoxy groups -OCH3 is 1. The van der Waals surface area contributed by atoms with Gasteiger partial charge in [0.2, 0.25) is 5.13 Å². The molecule has 1 aliphatic heterocycles. The highest BCUT2D eigenvalue weighted by Crippen LogP contribution is 2.23. The molecule has 0 unspecified atom stereocenters. The lowest BCUT2D eigenvalue weighted by Crippen LogP contribution is -2.46. The van der Waals surface area contributed by atoms with Gasteiger partial charge in [-0.3, -0.25) is 0 Å². The molecule has 2 aromatic heterocycles. The Kier molecular flexibility index (Phi) is 5.21. The van der Waals surface area contributed by atoms with E-state index in [-0.39, 0.29) is 5.82 Å². The first-order valence-corrected chi connectivity index (χ1v) is 9.41. The first-order chi connectivity index (χ1) is 13.2. The molecule has 4 rings (SSSR count). The zero-order chi connectivity index (χ0) is 18.6. The van der Waals surface area contributed by atoms with Gasteiger partial charge in [-0.15, -0.1) is 10.2 Å². The van der Waals surface area contributed by atoms with Crippen LogP contribution in [0.25, 0.3) is 11.3 Å². The number of anilines is 2. The van der Waals surface area contributed by atoms with Crippen LogP contribution in [0.1, 0.15) is 5.82 Å². The zero-order valence-corrected chi connectivity index (χ0v) is 15.7. The Labute approximate surface area is 160 Å². The van der Waals surface area contributed by atoms with E-state index in [1.165, 1.54) is 23.7 Å². The predicted molar refractivity (Wildman–Crippen MR) is 102 cm³/mol. The van der Waals surface area contributed by atoms with Gasteiger partial charge in [-0.1, -0.05) is 12.1 Å². The summed E-state index contributed by atoms with van der Waals surface area (Å²) in [5.41, 5.74) is 1.39. The van der Waals surface area contributed by atoms with Gasteiger partial charge in [-0.2, -0.15) is 4.37 Å². The first kappa shape index (κ1) is 17.7. The molecule has 0 bridgehead atoms. The molecular weight excluding hydrogens is 367 g/mol. The van der Waals surface area contributed by atoms with Crippen molar-refractivity contribution in [3.63, 3.8) is 0 Å². The predicted octanol–water partition coefficient (Wildman–Crippen LogP) is 2.61. The van der Waals surface area contributed by atoms with E-state index in [0.717, 1.165) is 48.5 Å². The van der Waals surface area contributed by atoms with Crippen molar-refractivity contribution in [3.05, 3.63) is 48.0 Å². The van der Waals surface area contributed by atoms with Crippen molar-refractivity contribution in [2.24, 2.45) is 0 Å². The van der Waals surface area contributed by atoms with Crippen LogP contribution in [0.4, 0.5) is 15.3 Å². The van der Waals surface area contributed by atoms with Gasteiger partial charge >= 0.3 is 0 Å². The topological polar surface area (TPSA) is 67.3 Å². The SMILES string of the molecule is COCc1nsc(N2CCN(c3ccc(-c4cccc(F)c4)nn3)CC2)n1. The Morgan fingerprint density at radius 1 is 1.07 bits per heavy atom. The molecule has 3 aromatic rings. The molecular formula is C18H19FN6OS. The second kappa shape index (κ2) is 7.93. The van der Waals surface area contributed by atoms with E-state index in [0.29, 0.717) is 12.3 Å². The summed E-state index contributed by atoms with van der Waals surface area (Å²) < 4.78 is 22.7. The minimum Gasteiger partial charge on any atom is -0.377 e. The van der Waals surface area contributed by atoms with Crippen LogP contribution in [-0.2, 0) is 11.3 Å². The lowest BCUT2D eigenvalue weighted by Gasteiger charge is -2.34. The van der Waals surface area contributed by atoms with Gasteiger partial charge in [0.1, 0.15) is 12.4 Å². The van der Waals surface area contributed by atoms with Gasteiger partial charge in [-0.05, 0) is 24.3 Å². The van der Waals surface area contributed by atoms with Crippen molar-refractivity contribution in [2.75, 3.05) is 43.1 Å². The van der Waals surface area contributed by atoms with E-state index in [1.807, 2.05) is 18.2 Å². The molecule has 1 aliphatic rings. The van der Waals surface area contributed by atoms with Crippen LogP contribution in [-0.4, -0.2) is 52.8 Å². The molecule has 0 N–H and O–H groups in total. The maximum Gasteiger partial charge on any atom is 0.205 e. The van der Waals surface area contributed by atoms with Gasteiger partial charge in [-0.25, -0.2) is 9.37 Å². The zero-order valence-electron chi connectivity index (χ0n) is 14.9. The molecule has 0 saturated carbocycles. The number of nitrogens with zero attached hydrogens (tertiary/aromatic N) is 6. The minimum absolute atomic E-state index is 0.278. The lowest BCUT2D eigenvalue weighted by molar-refractivity contribution is 0.179. The van der Waals surface area contributed by atoms with Gasteiger partial charge in [0, 0.05) is 50.4 Å². The molecule has 7 nitrogen and oxygen atoms in total. The molecule has 0 radical (unpaired) electrons. The summed E-state index contributed by atoms with van der Waals surface area (Å²) in [6.45, 7) is 3.77. The first-order valence-electron chi connectivity index (χ1n) is 8.64. The molecule has 3 heterocycles. The lowest BCUT2D eigenvalue weighted by atomic mass is 10.1. The molecule has 1 saturated heterocycles. The van der Waals surface area contributed by atoms with Crippen LogP contribution in [0.3, 0.4) is 0 Å². The number of halogens is 1. The van der Waals surface area contributed by atoms with Gasteiger partial charge in [0.15, 0.2) is 11.6 Å². The van der Waals surface area contributed by atoms with Gasteiger partial charge in [0.05, 0.1) is 5.69 Å². The van der Waals surface area contributed by atoms with E-state index in [2.05, 4.69) is 29.4 Å². The summed E-state index contributed by atoms with van der Waals surface area (Å²) in [6.07, 6.45) is 0. The van der Waals surface area contributed by atoms with Crippen LogP contribution < -0.4 is 9.80 Å². The number of hydrogen-bond donors (Lipinski definition) is 0. The number of benzene rings is 1. The van der Waals surface area contributed by atoms with E-state index in [9.17, 15) is 4.39 Å². The van der Waals surface area contributed by atoms with E-state index in [4.69, 9.17) is 4.74 Å². The van der Waals surface area contributed by atoms with Crippen LogP contribution in [0.15, 0.2) is 36.4 Å². The normalized spacial score (nSPS) is 14.6. The summed E-state index contributed by atoms with van der Waals surface area (Å²) in [5, 5.41) is 9.51. The van der Waals surface area contributed by atoms with Gasteiger partial charge in [0.25, 0.3) is 0 Å². The average Bonchev–Trinajstić information content (AvgIpc) is 3.17. The Morgan fingerprint density at radius 2 is 1.89 bits per heavy atom. The molecule has 9 heteroatoms. The molecule has 27 heavy (non-hydrogen) atoms. The second-order valence-electron chi connectivity index (χ2n) is 6.19. The van der Waals surface area contributed by atoms with Crippen molar-refractivity contribution >= 4 is 22.5 Å². The second-order valence-corrected chi connectivity index (χ2v) is 6.92. The van der Waals surface area contributed by atoms with E-state index in [1.54, 1.807) is 13.2 Å². The van der Waals surface area contributed by atoms with Crippen molar-refractivity contribution < 1.29 is 9.13 Å². The summed E-state index contributed by atoms with van der Waals surface area (Å²) in [4.78, 5) is 8.92. The third-order valence-electron chi connectivity index (χ3n) is 4.38. The maximum absolute atomic E-state index is 13.4. The summed E-state index contributed by atoms with van der Waals surface area (Å²) in [7, 11) is 1.64. The molecule has 1 fully saturated rings. The summed E-state index contributed by atoms with van der Waals surface area (Å²) in [5.74, 6) is 1.27. The van der Waals surface area contributed by atoms with Crippen molar-refractivity contribution in [2.45, 2.75) is 6.61 Å². The largest absolute Gasteiger partial charge is 0.377 e. The number of aromatic nitrogens is 4. The quantitative estimate of drug-likeness (QED) is 0.668. The van der Waals surface area contributed by atoms with E-state index >= 15 is 0 Å². The van der Waals surface area contributed by atoms with Gasteiger partial charge < -0.3 is 14.5 Å². The summed E-state index contributed by atoms with van der Waals surface area (Å²) >= 11 is 1.40. The molecule has 0 atom stereocenters. The summed E-state index contributed by atoms with van der Waals surface area (Å²) in [6, 6.07) is 10.2. The Balaban J connectivity index is 1.39. The standard InChI is InChI=1S/C18H19FN6OS/c1-26-12-16-20-18(27-23-16)25-9-7-24(8-10-25)17-6-5-15(21-22-17)13-3-2-4-14(19)11-13/h2-6,11H,7-10,12H2,1H3. The molecule has 0 spiro atoms. The molecule has 1 aromatic carbocycles. The fraction of sp³-hybridized carbons (Fsp3) is 0.333. The van der Waals surface area contributed by atoms with Crippen molar-refractivity contribution in [3.8, 4) is 11.3 Å². The minimum atomic E-state index is -0.278. The van der Waals surface area contributed by atoms with Crippen LogP contribution in [0, 0.1) is 5.82 Å². The fourth-order valence-electron chi connectivity index (χ4n) is 2.98. The van der Waals surface area contributed by atoms with Crippen LogP contribution in [0.2, 0.25) is 0 Å². The number of rotatable bonds is 5. The van der Waals surface area contributed by atoms with Crippen LogP contribution >= 0.6 is 11.5 Å². The molecule has 0 aliphatic carbocycles. The number of hydrogen-bond acceptors (Lipinski definition) is 8. The number of piperazine rings is 1. The van der Waals surface area contributed by atoms with Crippen LogP contribution in [0.5, 0.6) is 0 Å². The molecule has 140 valence electrons. The van der Waals surface area contributed by atoms with Crippen molar-refractivity contribution in [1.82, 2.24) is 19.6 Å². The Bertz CT molecular complexity index is 895. The smallest absolute Gasteiger partial charge is 0.205 e. The van der Waals surface area contributed by atoms with Crippen molar-refractivity contribution in [1.29, 1.82) is 0 Å². The number of ether oxygens (including phenoxy) is 1. The highest BCUT2D eigenvalue weighted by atomic mass is 32.1. The fourth-order valence-corrected chi connectivity index (χ4v) is 3.71. The Hall–Kier alpha value is -2.65. The van der Waals surface area contributed by atoms with E-state index < -0.39 is 0 Å². The Morgan fingerprint density at radius 3 is 2.59 bits per heavy atom. The monoisotopic (exact) mass is 386 g/mol. The average molecular weight is 386 g/mol. The highest BCUT2D eigenvalue weighted by Gasteiger charge is 2.21. The highest BCUT2D eigenvalue weighted by molar-refractivity contribution is 7.09. The third-order valence-corrected chi connectivity index (χ3v) is 5.19.